The van der Waals surface area contributed by atoms with Crippen molar-refractivity contribution in [2.24, 2.45) is 15.3 Å². The molecule has 0 radical (unpaired) electrons. The van der Waals surface area contributed by atoms with Gasteiger partial charge in [-0.1, -0.05) is 72.8 Å². The lowest BCUT2D eigenvalue weighted by Gasteiger charge is -2.29. The second-order valence-corrected chi connectivity index (χ2v) is 33.0. The number of hydrogen-bond donors (Lipinski definition) is 6. The molecular weight excluding hydrogens is 1370 g/mol. The number of benzene rings is 9. The molecule has 0 aromatic heterocycles. The highest BCUT2D eigenvalue weighted by molar-refractivity contribution is 8.10. The number of aliphatic hydroxyl groups is 6. The summed E-state index contributed by atoms with van der Waals surface area (Å²) in [7, 11) is 4.92. The van der Waals surface area contributed by atoms with Gasteiger partial charge in [-0.3, -0.25) is 0 Å². The Morgan fingerprint density at radius 1 is 0.263 bits per heavy atom. The van der Waals surface area contributed by atoms with E-state index in [9.17, 15) is 30.6 Å². The van der Waals surface area contributed by atoms with Crippen LogP contribution in [0.3, 0.4) is 0 Å². The molecule has 95 heavy (non-hydrogen) atoms. The Kier molecular flexibility index (Phi) is 25.2. The van der Waals surface area contributed by atoms with Crippen molar-refractivity contribution in [3.05, 3.63) is 268 Å². The van der Waals surface area contributed by atoms with E-state index in [0.29, 0.717) is 102 Å². The van der Waals surface area contributed by atoms with Crippen LogP contribution in [0.1, 0.15) is 50.1 Å². The molecule has 0 unspecified atom stereocenters. The van der Waals surface area contributed by atoms with Crippen LogP contribution in [0.4, 0.5) is 0 Å². The fraction of sp³-hybridized carbons (Fsp3) is 0.136. The first-order valence-corrected chi connectivity index (χ1v) is 39.1. The highest BCUT2D eigenvalue weighted by Crippen LogP contribution is 2.55. The predicted molar refractivity (Wildman–Crippen MR) is 382 cm³/mol. The van der Waals surface area contributed by atoms with Gasteiger partial charge in [-0.2, -0.15) is 15.3 Å². The topological polar surface area (TPSA) is 251 Å². The van der Waals surface area contributed by atoms with Gasteiger partial charge in [0.1, 0.15) is 51.7 Å². The molecule has 0 heterocycles. The van der Waals surface area contributed by atoms with Gasteiger partial charge >= 0.3 is 26.6 Å². The molecule has 494 valence electrons. The van der Waals surface area contributed by atoms with Crippen LogP contribution >= 0.6 is 26.6 Å². The molecule has 0 aliphatic rings. The van der Waals surface area contributed by atoms with E-state index in [-0.39, 0.29) is 39.6 Å². The first kappa shape index (κ1) is 71.2. The van der Waals surface area contributed by atoms with Crippen molar-refractivity contribution in [2.45, 2.75) is 39.6 Å². The number of aliphatic hydroxyl groups excluding tert-OH is 6. The number of rotatable bonds is 33. The van der Waals surface area contributed by atoms with Gasteiger partial charge in [-0.15, -0.1) is 0 Å². The Labute approximate surface area is 570 Å². The van der Waals surface area contributed by atoms with E-state index in [1.807, 2.05) is 0 Å². The van der Waals surface area contributed by atoms with Gasteiger partial charge in [0.05, 0.1) is 58.3 Å². The first-order chi connectivity index (χ1) is 45.8. The predicted octanol–water partition coefficient (Wildman–Crippen LogP) is 13.3. The van der Waals surface area contributed by atoms with Crippen LogP contribution in [0.15, 0.2) is 234 Å². The first-order valence-electron chi connectivity index (χ1n) is 28.8. The van der Waals surface area contributed by atoms with E-state index >= 15 is 0 Å². The highest BCUT2D eigenvalue weighted by Gasteiger charge is 2.32. The van der Waals surface area contributed by atoms with Crippen LogP contribution < -0.4 is 40.7 Å². The van der Waals surface area contributed by atoms with E-state index in [0.717, 1.165) is 0 Å². The zero-order chi connectivity index (χ0) is 67.4. The maximum Gasteiger partial charge on any atom is 0.490 e. The van der Waals surface area contributed by atoms with Crippen LogP contribution in [-0.4, -0.2) is 84.8 Å². The summed E-state index contributed by atoms with van der Waals surface area (Å²) in [6.45, 7) is -15.0. The van der Waals surface area contributed by atoms with Crippen molar-refractivity contribution in [1.29, 1.82) is 0 Å². The molecule has 0 bridgehead atoms. The summed E-state index contributed by atoms with van der Waals surface area (Å²) in [4.78, 5) is 0. The Morgan fingerprint density at radius 3 is 0.568 bits per heavy atom. The number of hydrogen-bond acceptors (Lipinski definition) is 22. The molecule has 0 fully saturated rings. The second-order valence-electron chi connectivity index (χ2n) is 20.4. The second kappa shape index (κ2) is 33.6. The molecule has 0 atom stereocenters. The smallest absolute Gasteiger partial charge is 0.420 e. The van der Waals surface area contributed by atoms with E-state index in [4.69, 9.17) is 87.9 Å². The molecule has 0 saturated carbocycles. The third kappa shape index (κ3) is 20.5. The molecule has 0 spiro atoms. The minimum absolute atomic E-state index is 0.146. The van der Waals surface area contributed by atoms with Gasteiger partial charge in [-0.25, -0.2) is 14.3 Å². The molecule has 6 N–H and O–H groups in total. The molecule has 29 heteroatoms. The summed E-state index contributed by atoms with van der Waals surface area (Å²) >= 11 is 24.4. The summed E-state index contributed by atoms with van der Waals surface area (Å²) < 4.78 is 61.8. The number of nitrogens with zero attached hydrogens (tertiary/aromatic N) is 6. The summed E-state index contributed by atoms with van der Waals surface area (Å²) in [5.74, 6) is 3.33. The summed E-state index contributed by atoms with van der Waals surface area (Å²) in [6, 6.07) is 61.5. The van der Waals surface area contributed by atoms with Crippen molar-refractivity contribution in [3.63, 3.8) is 0 Å². The molecule has 21 nitrogen and oxygen atoms in total. The maximum absolute atomic E-state index is 9.63. The lowest BCUT2D eigenvalue weighted by molar-refractivity contribution is 0.281. The van der Waals surface area contributed by atoms with E-state index < -0.39 is 26.6 Å². The Hall–Kier alpha value is -8.05. The lowest BCUT2D eigenvalue weighted by Crippen LogP contribution is -2.17. The minimum atomic E-state index is -3.83. The van der Waals surface area contributed by atoms with Crippen molar-refractivity contribution in [2.75, 3.05) is 21.1 Å². The zero-order valence-corrected chi connectivity index (χ0v) is 58.1. The molecule has 9 aromatic rings. The van der Waals surface area contributed by atoms with E-state index in [2.05, 4.69) is 15.3 Å². The van der Waals surface area contributed by atoms with Crippen molar-refractivity contribution < 1.29 is 71.4 Å². The van der Waals surface area contributed by atoms with Gasteiger partial charge in [0.2, 0.25) is 0 Å². The standard InChI is InChI=1S/C66H66N6O15P4S4/c1-70(88(92,79-58-28-10-52(43-73)11-29-58)80-59-30-12-53(44-74)13-31-59)67-40-49-4-22-64(23-5-49)85-91(95,86-65-24-6-50(7-25-65)41-68-71(2)89(93,81-60-32-14-54(45-75)15-33-60)82-61-34-16-55(46-76)17-35-61)87-66-26-8-51(9-27-66)42-69-72(3)90(94,83-62-36-18-56(47-77)19-37-62)84-63-38-20-57(48-78)21-39-63/h4-42,73-78H,43-48H2,1-3H3/b67-40+,68-41+,69-42+. The monoisotopic (exact) mass is 1430 g/mol. The van der Waals surface area contributed by atoms with Crippen LogP contribution in [0.25, 0.3) is 0 Å². The largest absolute Gasteiger partial charge is 0.490 e. The van der Waals surface area contributed by atoms with Crippen LogP contribution in [-0.2, 0) is 86.9 Å². The molecule has 9 aromatic carbocycles. The Morgan fingerprint density at radius 2 is 0.411 bits per heavy atom. The van der Waals surface area contributed by atoms with Gasteiger partial charge in [0, 0.05) is 68.4 Å². The highest BCUT2D eigenvalue weighted by atomic mass is 32.5. The average molecular weight is 1440 g/mol. The van der Waals surface area contributed by atoms with Crippen LogP contribution in [0.5, 0.6) is 51.7 Å². The summed E-state index contributed by atoms with van der Waals surface area (Å²) in [5.41, 5.74) is 6.03. The van der Waals surface area contributed by atoms with Crippen LogP contribution in [0.2, 0.25) is 0 Å². The average Bonchev–Trinajstić information content (AvgIpc) is 0.945. The van der Waals surface area contributed by atoms with Gasteiger partial charge in [-0.05, 0) is 196 Å². The third-order valence-corrected chi connectivity index (χ3v) is 24.0. The molecule has 0 amide bonds. The molecule has 0 aliphatic heterocycles. The fourth-order valence-corrected chi connectivity index (χ4v) is 15.7. The fourth-order valence-electron chi connectivity index (χ4n) is 8.07. The minimum Gasteiger partial charge on any atom is -0.420 e. The maximum atomic E-state index is 9.63. The van der Waals surface area contributed by atoms with Gasteiger partial charge in [0.25, 0.3) is 0 Å². The Bertz CT molecular complexity index is 3660. The normalized spacial score (nSPS) is 11.9. The van der Waals surface area contributed by atoms with Crippen molar-refractivity contribution in [1.82, 2.24) is 14.3 Å². The molecule has 0 saturated heterocycles. The van der Waals surface area contributed by atoms with Gasteiger partial charge in [0.15, 0.2) is 0 Å². The SMILES string of the molecule is CN(/N=C/c1ccc(OP(=S)(Oc2ccc(/C=N/N(C)P(=S)(Oc3ccc(CO)cc3)Oc3ccc(CO)cc3)cc2)Oc2ccc(/C=N/N(C)P(=S)(Oc3ccc(CO)cc3)Oc3ccc(CO)cc3)cc2)cc1)P(=S)(Oc1ccc(CO)cc1)Oc1ccc(CO)cc1. The van der Waals surface area contributed by atoms with Crippen LogP contribution in [0, 0.1) is 0 Å². The zero-order valence-electron chi connectivity index (χ0n) is 51.2. The summed E-state index contributed by atoms with van der Waals surface area (Å²) in [5, 5.41) is 71.7. The lowest BCUT2D eigenvalue weighted by atomic mass is 10.2. The van der Waals surface area contributed by atoms with E-state index in [1.165, 1.54) is 14.3 Å². The quantitative estimate of drug-likeness (QED) is 0.0127. The van der Waals surface area contributed by atoms with Crippen molar-refractivity contribution in [3.8, 4) is 51.7 Å². The molecule has 9 rings (SSSR count). The Balaban J connectivity index is 0.952. The van der Waals surface area contributed by atoms with E-state index in [1.54, 1.807) is 258 Å². The molecule has 0 aliphatic carbocycles. The van der Waals surface area contributed by atoms with Gasteiger partial charge < -0.3 is 71.4 Å². The molecular formula is C66H66N6O15P4S4. The van der Waals surface area contributed by atoms with Crippen molar-refractivity contribution >= 4 is 92.5 Å². The third-order valence-electron chi connectivity index (χ3n) is 13.4. The number of hydrazone groups is 3. The summed E-state index contributed by atoms with van der Waals surface area (Å²) in [6.07, 6.45) is 4.73.